The summed E-state index contributed by atoms with van der Waals surface area (Å²) in [5.41, 5.74) is 0.381. The fourth-order valence-electron chi connectivity index (χ4n) is 2.11. The zero-order valence-electron chi connectivity index (χ0n) is 9.61. The van der Waals surface area contributed by atoms with Crippen LogP contribution in [0.15, 0.2) is 16.7 Å². The fourth-order valence-corrected chi connectivity index (χ4v) is 2.31. The summed E-state index contributed by atoms with van der Waals surface area (Å²) in [5.74, 6) is 0.131. The molecule has 0 saturated heterocycles. The molecule has 0 radical (unpaired) electrons. The van der Waals surface area contributed by atoms with Crippen molar-refractivity contribution in [2.45, 2.75) is 31.7 Å². The van der Waals surface area contributed by atoms with E-state index < -0.39 is 0 Å². The van der Waals surface area contributed by atoms with Crippen LogP contribution in [-0.4, -0.2) is 29.7 Å². The number of Topliss-reactive ketones (excluding diaryl/α,β-unsaturated/α-hetero) is 1. The van der Waals surface area contributed by atoms with Crippen LogP contribution < -0.4 is 0 Å². The molecule has 1 aromatic rings. The molecule has 0 spiro atoms. The van der Waals surface area contributed by atoms with E-state index in [9.17, 15) is 9.59 Å². The van der Waals surface area contributed by atoms with E-state index in [4.69, 9.17) is 16.0 Å². The Hall–Kier alpha value is -1.29. The van der Waals surface area contributed by atoms with Gasteiger partial charge >= 0.3 is 0 Å². The highest BCUT2D eigenvalue weighted by molar-refractivity contribution is 6.32. The van der Waals surface area contributed by atoms with Crippen molar-refractivity contribution in [1.29, 1.82) is 0 Å². The van der Waals surface area contributed by atoms with Gasteiger partial charge in [-0.05, 0) is 30.5 Å². The number of halogens is 1. The zero-order chi connectivity index (χ0) is 12.4. The lowest BCUT2D eigenvalue weighted by molar-refractivity contribution is -0.121. The first kappa shape index (κ1) is 12.2. The van der Waals surface area contributed by atoms with Crippen LogP contribution in [0.5, 0.6) is 0 Å². The van der Waals surface area contributed by atoms with Gasteiger partial charge in [0.15, 0.2) is 0 Å². The Morgan fingerprint density at radius 1 is 1.47 bits per heavy atom. The topological polar surface area (TPSA) is 50.5 Å². The van der Waals surface area contributed by atoms with Crippen molar-refractivity contribution in [2.75, 3.05) is 7.05 Å². The molecule has 1 aliphatic rings. The summed E-state index contributed by atoms with van der Waals surface area (Å²) in [5, 5.41) is 0.119. The normalized spacial score (nSPS) is 17.2. The second-order valence-electron chi connectivity index (χ2n) is 4.29. The number of rotatable bonds is 2. The number of furan rings is 1. The SMILES string of the molecule is CN(C(=O)c1ccoc1Cl)C1CCC(=O)CC1. The lowest BCUT2D eigenvalue weighted by Gasteiger charge is -2.30. The first-order chi connectivity index (χ1) is 8.09. The third kappa shape index (κ3) is 2.52. The van der Waals surface area contributed by atoms with Gasteiger partial charge in [0.25, 0.3) is 5.91 Å². The van der Waals surface area contributed by atoms with Crippen molar-refractivity contribution in [3.63, 3.8) is 0 Å². The van der Waals surface area contributed by atoms with E-state index in [2.05, 4.69) is 0 Å². The maximum atomic E-state index is 12.1. The molecule has 0 atom stereocenters. The molecule has 5 heteroatoms. The molecule has 0 unspecified atom stereocenters. The first-order valence-corrected chi connectivity index (χ1v) is 5.99. The minimum atomic E-state index is -0.150. The van der Waals surface area contributed by atoms with Crippen LogP contribution >= 0.6 is 11.6 Å². The Morgan fingerprint density at radius 2 is 2.12 bits per heavy atom. The molecule has 0 aromatic carbocycles. The molecule has 1 saturated carbocycles. The average molecular weight is 256 g/mol. The molecule has 1 heterocycles. The molecule has 1 aromatic heterocycles. The van der Waals surface area contributed by atoms with Crippen LogP contribution in [-0.2, 0) is 4.79 Å². The van der Waals surface area contributed by atoms with Gasteiger partial charge in [0, 0.05) is 25.9 Å². The second-order valence-corrected chi connectivity index (χ2v) is 4.64. The summed E-state index contributed by atoms with van der Waals surface area (Å²) in [4.78, 5) is 24.9. The predicted molar refractivity (Wildman–Crippen MR) is 63.1 cm³/mol. The molecule has 1 aliphatic carbocycles. The van der Waals surface area contributed by atoms with Crippen molar-refractivity contribution in [1.82, 2.24) is 4.90 Å². The average Bonchev–Trinajstić information content (AvgIpc) is 2.74. The van der Waals surface area contributed by atoms with Crippen molar-refractivity contribution < 1.29 is 14.0 Å². The molecule has 17 heavy (non-hydrogen) atoms. The highest BCUT2D eigenvalue weighted by Gasteiger charge is 2.27. The maximum Gasteiger partial charge on any atom is 0.258 e. The van der Waals surface area contributed by atoms with E-state index in [1.807, 2.05) is 0 Å². The number of carbonyl (C=O) groups is 2. The summed E-state index contributed by atoms with van der Waals surface area (Å²) in [7, 11) is 1.74. The Labute approximate surface area is 105 Å². The Bertz CT molecular complexity index is 431. The molecule has 1 amide bonds. The molecule has 2 rings (SSSR count). The van der Waals surface area contributed by atoms with E-state index in [1.165, 1.54) is 6.26 Å². The van der Waals surface area contributed by atoms with Gasteiger partial charge in [-0.3, -0.25) is 9.59 Å². The Kier molecular flexibility index (Phi) is 3.52. The highest BCUT2D eigenvalue weighted by Crippen LogP contribution is 2.24. The van der Waals surface area contributed by atoms with E-state index in [0.29, 0.717) is 18.4 Å². The van der Waals surface area contributed by atoms with Gasteiger partial charge in [0.2, 0.25) is 5.22 Å². The maximum absolute atomic E-state index is 12.1. The molecule has 0 bridgehead atoms. The number of ketones is 1. The molecular weight excluding hydrogens is 242 g/mol. The number of hydrogen-bond donors (Lipinski definition) is 0. The molecule has 1 fully saturated rings. The van der Waals surface area contributed by atoms with Gasteiger partial charge in [-0.25, -0.2) is 0 Å². The molecule has 4 nitrogen and oxygen atoms in total. The van der Waals surface area contributed by atoms with Crippen LogP contribution in [0.3, 0.4) is 0 Å². The summed E-state index contributed by atoms with van der Waals surface area (Å²) >= 11 is 5.77. The smallest absolute Gasteiger partial charge is 0.258 e. The minimum Gasteiger partial charge on any atom is -0.452 e. The van der Waals surface area contributed by atoms with Crippen LogP contribution in [0.25, 0.3) is 0 Å². The number of amides is 1. The van der Waals surface area contributed by atoms with Gasteiger partial charge in [0.1, 0.15) is 5.78 Å². The molecule has 0 aliphatic heterocycles. The van der Waals surface area contributed by atoms with Gasteiger partial charge in [-0.1, -0.05) is 0 Å². The van der Waals surface area contributed by atoms with Gasteiger partial charge in [-0.15, -0.1) is 0 Å². The van der Waals surface area contributed by atoms with E-state index in [-0.39, 0.29) is 23.0 Å². The number of carbonyl (C=O) groups excluding carboxylic acids is 2. The van der Waals surface area contributed by atoms with Crippen LogP contribution in [0.4, 0.5) is 0 Å². The fraction of sp³-hybridized carbons (Fsp3) is 0.500. The summed E-state index contributed by atoms with van der Waals surface area (Å²) in [6.45, 7) is 0. The summed E-state index contributed by atoms with van der Waals surface area (Å²) < 4.78 is 4.90. The molecule has 92 valence electrons. The highest BCUT2D eigenvalue weighted by atomic mass is 35.5. The monoisotopic (exact) mass is 255 g/mol. The largest absolute Gasteiger partial charge is 0.452 e. The summed E-state index contributed by atoms with van der Waals surface area (Å²) in [6.07, 6.45) is 3.98. The third-order valence-corrected chi connectivity index (χ3v) is 3.52. The standard InChI is InChI=1S/C12H14ClNO3/c1-14(8-2-4-9(15)5-3-8)12(16)10-6-7-17-11(10)13/h6-8H,2-5H2,1H3. The van der Waals surface area contributed by atoms with Crippen molar-refractivity contribution in [2.24, 2.45) is 0 Å². The zero-order valence-corrected chi connectivity index (χ0v) is 10.4. The van der Waals surface area contributed by atoms with Gasteiger partial charge in [0.05, 0.1) is 11.8 Å². The van der Waals surface area contributed by atoms with Crippen LogP contribution in [0.1, 0.15) is 36.0 Å². The van der Waals surface area contributed by atoms with E-state index >= 15 is 0 Å². The minimum absolute atomic E-state index is 0.117. The lowest BCUT2D eigenvalue weighted by Crippen LogP contribution is -2.39. The first-order valence-electron chi connectivity index (χ1n) is 5.61. The Morgan fingerprint density at radius 3 is 2.65 bits per heavy atom. The molecular formula is C12H14ClNO3. The quantitative estimate of drug-likeness (QED) is 0.816. The van der Waals surface area contributed by atoms with Gasteiger partial charge < -0.3 is 9.32 Å². The number of nitrogens with zero attached hydrogens (tertiary/aromatic N) is 1. The predicted octanol–water partition coefficient (Wildman–Crippen LogP) is 2.52. The molecule has 0 N–H and O–H groups in total. The third-order valence-electron chi connectivity index (χ3n) is 3.23. The van der Waals surface area contributed by atoms with Crippen LogP contribution in [0, 0.1) is 0 Å². The van der Waals surface area contributed by atoms with Crippen molar-refractivity contribution in [3.8, 4) is 0 Å². The second kappa shape index (κ2) is 4.92. The lowest BCUT2D eigenvalue weighted by atomic mass is 9.93. The van der Waals surface area contributed by atoms with Crippen LogP contribution in [0.2, 0.25) is 5.22 Å². The van der Waals surface area contributed by atoms with E-state index in [1.54, 1.807) is 18.0 Å². The van der Waals surface area contributed by atoms with Gasteiger partial charge in [-0.2, -0.15) is 0 Å². The summed E-state index contributed by atoms with van der Waals surface area (Å²) in [6, 6.07) is 1.68. The number of hydrogen-bond acceptors (Lipinski definition) is 3. The Balaban J connectivity index is 2.05. The van der Waals surface area contributed by atoms with Crippen molar-refractivity contribution >= 4 is 23.3 Å². The van der Waals surface area contributed by atoms with Crippen molar-refractivity contribution in [3.05, 3.63) is 23.1 Å². The van der Waals surface area contributed by atoms with E-state index in [0.717, 1.165) is 12.8 Å².